The van der Waals surface area contributed by atoms with Crippen molar-refractivity contribution < 1.29 is 75.1 Å². The van der Waals surface area contributed by atoms with Gasteiger partial charge in [-0.05, 0) is 252 Å². The standard InChI is InChI=1S/2C22H19FN6O2.C12H8FNO3.C12H8FNO2.C10H13N5.C7H5FO2.C5H4IN.3CH4.2ClH/c2*1-14(2)29-13-25-28-21(29)19-6-3-7-20(26-19)27-22(30)17-11-15(8-9-18(17)23)31-16-5-4-10-24-12-16;13-11-4-3-8(6-10(11)12(15)16)17-9-2-1-5-14-7-9;13-12-4-3-10(6-9(12)8-15)16-11-2-1-5-14-7-11;1-7(2)15-6-12-14-10(15)8-4-3-5-9(11)13-8;8-7-2-1-6(10)3-5(7)4-9;6-5-2-1-3-7-4-5;;;;;/h2*3-14H,1-2H3,(H,26,27,30);1-7H,(H,15,16);1-8H;3-7H,1-2H3,(H2,11,13);1-4,10H;1-4H;3*1H4;2*1H. The van der Waals surface area contributed by atoms with Crippen LogP contribution in [0.3, 0.4) is 0 Å². The first kappa shape index (κ1) is 107. The number of carboxylic acids is 1. The lowest BCUT2D eigenvalue weighted by Gasteiger charge is -2.11. The number of nitrogens with zero attached hydrogens (tertiary/aromatic N) is 17. The van der Waals surface area contributed by atoms with Crippen LogP contribution < -0.4 is 35.3 Å². The van der Waals surface area contributed by atoms with Crippen molar-refractivity contribution in [2.75, 3.05) is 16.4 Å². The first-order chi connectivity index (χ1) is 61.3. The Morgan fingerprint density at radius 1 is 0.394 bits per heavy atom. The number of carbonyl (C=O) groups is 5. The third-order valence-electron chi connectivity index (χ3n) is 16.7. The van der Waals surface area contributed by atoms with Crippen LogP contribution >= 0.6 is 47.4 Å². The summed E-state index contributed by atoms with van der Waals surface area (Å²) in [6, 6.07) is 52.6. The van der Waals surface area contributed by atoms with Gasteiger partial charge < -0.3 is 59.2 Å². The number of rotatable bonds is 21. The number of nitrogens with two attached hydrogens (primary N) is 1. The highest BCUT2D eigenvalue weighted by atomic mass is 127. The van der Waals surface area contributed by atoms with Crippen LogP contribution in [0.4, 0.5) is 39.4 Å². The number of benzene rings is 5. The molecule has 0 spiro atoms. The Balaban J connectivity index is 0.000000284. The molecule has 0 unspecified atom stereocenters. The average molecular weight is 1960 g/mol. The van der Waals surface area contributed by atoms with Gasteiger partial charge in [-0.15, -0.1) is 55.4 Å². The van der Waals surface area contributed by atoms with Gasteiger partial charge in [0.1, 0.15) is 134 Å². The van der Waals surface area contributed by atoms with Crippen molar-refractivity contribution in [1.82, 2.24) is 84.2 Å². The number of amides is 2. The van der Waals surface area contributed by atoms with Crippen LogP contribution in [0.5, 0.6) is 51.7 Å². The third kappa shape index (κ3) is 32.2. The molecule has 2 amide bonds. The van der Waals surface area contributed by atoms with Gasteiger partial charge in [0.05, 0.1) is 52.6 Å². The number of hydrogen-bond donors (Lipinski definition) is 5. The van der Waals surface area contributed by atoms with E-state index >= 15 is 0 Å². The fraction of sp³-hybridized carbons (Fsp3) is 0.129. The molecule has 0 aliphatic rings. The van der Waals surface area contributed by atoms with Crippen LogP contribution in [0.1, 0.15) is 134 Å². The Labute approximate surface area is 781 Å². The lowest BCUT2D eigenvalue weighted by Crippen LogP contribution is -2.15. The predicted octanol–water partition coefficient (Wildman–Crippen LogP) is 21.8. The minimum atomic E-state index is -1.33. The number of nitrogen functional groups attached to an aromatic ring is 1. The van der Waals surface area contributed by atoms with E-state index in [0.717, 1.165) is 35.8 Å². The molecule has 684 valence electrons. The Bertz CT molecular complexity index is 6140. The van der Waals surface area contributed by atoms with Crippen molar-refractivity contribution in [2.24, 2.45) is 0 Å². The van der Waals surface area contributed by atoms with Gasteiger partial charge in [-0.25, -0.2) is 41.7 Å². The molecule has 0 atom stereocenters. The van der Waals surface area contributed by atoms with Crippen molar-refractivity contribution in [3.05, 3.63) is 348 Å². The Morgan fingerprint density at radius 3 is 1.02 bits per heavy atom. The fourth-order valence-corrected chi connectivity index (χ4v) is 11.0. The lowest BCUT2D eigenvalue weighted by atomic mass is 10.2. The van der Waals surface area contributed by atoms with Crippen LogP contribution in [0.25, 0.3) is 34.6 Å². The monoisotopic (exact) mass is 1950 g/mol. The van der Waals surface area contributed by atoms with Gasteiger partial charge in [-0.2, -0.15) is 0 Å². The first-order valence-electron chi connectivity index (χ1n) is 38.0. The van der Waals surface area contributed by atoms with E-state index in [-0.39, 0.29) is 105 Å². The van der Waals surface area contributed by atoms with Crippen LogP contribution in [0.2, 0.25) is 0 Å². The van der Waals surface area contributed by atoms with E-state index in [1.807, 2.05) is 71.9 Å². The summed E-state index contributed by atoms with van der Waals surface area (Å²) in [7, 11) is 0. The Hall–Kier alpha value is -15.8. The molecule has 16 rings (SSSR count). The highest BCUT2D eigenvalue weighted by molar-refractivity contribution is 14.1. The summed E-state index contributed by atoms with van der Waals surface area (Å²) < 4.78 is 96.1. The van der Waals surface area contributed by atoms with Crippen LogP contribution in [-0.2, 0) is 0 Å². The number of aromatic nitrogens is 17. The van der Waals surface area contributed by atoms with Crippen molar-refractivity contribution >= 4 is 95.2 Å². The number of aldehydes is 2. The van der Waals surface area contributed by atoms with Crippen molar-refractivity contribution in [3.63, 3.8) is 0 Å². The number of aromatic hydroxyl groups is 1. The van der Waals surface area contributed by atoms with E-state index in [1.165, 1.54) is 95.1 Å². The topological polar surface area (TPSA) is 408 Å². The molecule has 0 saturated carbocycles. The lowest BCUT2D eigenvalue weighted by molar-refractivity contribution is 0.0690. The molecule has 0 aliphatic carbocycles. The smallest absolute Gasteiger partial charge is 0.338 e. The summed E-state index contributed by atoms with van der Waals surface area (Å²) >= 11 is 2.22. The first-order valence-corrected chi connectivity index (χ1v) is 39.0. The number of halogens is 8. The molecule has 132 heavy (non-hydrogen) atoms. The maximum atomic E-state index is 14.3. The molecule has 5 aromatic carbocycles. The number of carboxylic acid groups (broad SMARTS) is 1. The molecule has 16 aromatic rings. The number of anilines is 3. The summed E-state index contributed by atoms with van der Waals surface area (Å²) in [5, 5.41) is 46.7. The van der Waals surface area contributed by atoms with Gasteiger partial charge in [-0.1, -0.05) is 40.5 Å². The van der Waals surface area contributed by atoms with Gasteiger partial charge >= 0.3 is 5.97 Å². The van der Waals surface area contributed by atoms with E-state index in [0.29, 0.717) is 87.7 Å². The molecule has 11 heterocycles. The number of ether oxygens (including phenoxy) is 4. The Kier molecular flexibility index (Phi) is 43.5. The summed E-state index contributed by atoms with van der Waals surface area (Å²) in [5.41, 5.74) is 6.54. The molecule has 6 N–H and O–H groups in total. The third-order valence-corrected chi connectivity index (χ3v) is 17.3. The molecular weight excluding hydrogens is 1870 g/mol. The second kappa shape index (κ2) is 53.8. The number of phenolic OH excluding ortho intramolecular Hbond substituents is 1. The molecule has 11 aromatic heterocycles. The molecule has 0 radical (unpaired) electrons. The van der Waals surface area contributed by atoms with E-state index < -0.39 is 52.4 Å². The van der Waals surface area contributed by atoms with Gasteiger partial charge in [0, 0.05) is 58.9 Å². The maximum absolute atomic E-state index is 14.3. The zero-order valence-corrected chi connectivity index (χ0v) is 72.6. The van der Waals surface area contributed by atoms with E-state index in [4.69, 9.17) is 34.9 Å². The molecule has 31 nitrogen and oxygen atoms in total. The largest absolute Gasteiger partial charge is 0.508 e. The van der Waals surface area contributed by atoms with Crippen LogP contribution in [-0.4, -0.2) is 125 Å². The minimum absolute atomic E-state index is 0. The second-order valence-corrected chi connectivity index (χ2v) is 28.1. The zero-order chi connectivity index (χ0) is 90.7. The number of phenols is 1. The Morgan fingerprint density at radius 2 is 0.712 bits per heavy atom. The minimum Gasteiger partial charge on any atom is -0.508 e. The highest BCUT2D eigenvalue weighted by Crippen LogP contribution is 2.30. The van der Waals surface area contributed by atoms with E-state index in [9.17, 15) is 45.9 Å². The number of aromatic carboxylic acids is 1. The summed E-state index contributed by atoms with van der Waals surface area (Å²) in [6.07, 6.45) is 21.8. The number of hydrogen-bond acceptors (Lipinski definition) is 25. The van der Waals surface area contributed by atoms with Gasteiger partial charge in [0.15, 0.2) is 30.0 Å². The number of carbonyl (C=O) groups excluding carboxylic acids is 4. The fourth-order valence-electron chi connectivity index (χ4n) is 10.6. The van der Waals surface area contributed by atoms with E-state index in [2.05, 4.69) is 118 Å². The quantitative estimate of drug-likeness (QED) is 0.0253. The highest BCUT2D eigenvalue weighted by Gasteiger charge is 2.21. The average Bonchev–Trinajstić information content (AvgIpc) is 1.72. The molecular formula is C93H90Cl2F5IN20O11. The van der Waals surface area contributed by atoms with Crippen LogP contribution in [0, 0.1) is 32.7 Å². The number of nitrogens with one attached hydrogen (secondary N) is 2. The second-order valence-electron chi connectivity index (χ2n) is 26.8. The van der Waals surface area contributed by atoms with Gasteiger partial charge in [0.25, 0.3) is 11.8 Å². The molecule has 0 bridgehead atoms. The van der Waals surface area contributed by atoms with Crippen LogP contribution in [0.15, 0.2) is 287 Å². The molecule has 39 heteroatoms. The summed E-state index contributed by atoms with van der Waals surface area (Å²) in [6.45, 7) is 12.1. The molecule has 0 fully saturated rings. The van der Waals surface area contributed by atoms with Crippen molar-refractivity contribution in [2.45, 2.75) is 81.9 Å². The normalized spacial score (nSPS) is 9.96. The predicted molar refractivity (Wildman–Crippen MR) is 502 cm³/mol. The summed E-state index contributed by atoms with van der Waals surface area (Å²) in [4.78, 5) is 89.3. The maximum Gasteiger partial charge on any atom is 0.338 e. The molecule has 0 aliphatic heterocycles. The number of pyridine rings is 8. The SMILES string of the molecule is C.C.C.CC(C)n1cnnc1-c1cccc(N)n1.CC(C)n1cnnc1-c1cccc(NC(=O)c2cc(Oc3cccnc3)ccc2F)n1.CC(C)n1cnnc1-c1cccc(NC(=O)c2cc(Oc3cccnc3)ccc2F)n1.Cl.Cl.Ic1cccnc1.O=C(O)c1cc(Oc2cccnc2)ccc1F.O=Cc1cc(O)ccc1F.O=Cc1cc(Oc2cccnc2)ccc1F. The van der Waals surface area contributed by atoms with Crippen molar-refractivity contribution in [3.8, 4) is 86.3 Å². The molecule has 0 saturated heterocycles. The van der Waals surface area contributed by atoms with Gasteiger partial charge in [-0.3, -0.25) is 44.1 Å². The van der Waals surface area contributed by atoms with Gasteiger partial charge in [0.2, 0.25) is 0 Å². The van der Waals surface area contributed by atoms with E-state index in [1.54, 1.807) is 141 Å². The summed E-state index contributed by atoms with van der Waals surface area (Å²) in [5.74, 6) is 0.0567. The zero-order valence-electron chi connectivity index (χ0n) is 68.9. The van der Waals surface area contributed by atoms with Crippen molar-refractivity contribution in [1.29, 1.82) is 0 Å².